The van der Waals surface area contributed by atoms with Crippen LogP contribution in [-0.2, 0) is 11.3 Å². The predicted octanol–water partition coefficient (Wildman–Crippen LogP) is 2.74. The molecule has 0 radical (unpaired) electrons. The van der Waals surface area contributed by atoms with E-state index in [1.54, 1.807) is 43.5 Å². The smallest absolute Gasteiger partial charge is 0.191 e. The third-order valence-corrected chi connectivity index (χ3v) is 4.18. The summed E-state index contributed by atoms with van der Waals surface area (Å²) in [5, 5.41) is 6.45. The number of nitrogens with one attached hydrogen (secondary N) is 2. The summed E-state index contributed by atoms with van der Waals surface area (Å²) in [6, 6.07) is 5.14. The Balaban J connectivity index is 1.93. The minimum atomic E-state index is -0.294. The second-order valence-corrected chi connectivity index (χ2v) is 7.15. The maximum Gasteiger partial charge on any atom is 0.191 e. The molecule has 1 aromatic carbocycles. The van der Waals surface area contributed by atoms with Crippen molar-refractivity contribution in [1.29, 1.82) is 0 Å². The van der Waals surface area contributed by atoms with Crippen LogP contribution in [0.25, 0.3) is 5.69 Å². The van der Waals surface area contributed by atoms with Gasteiger partial charge in [0.25, 0.3) is 0 Å². The lowest BCUT2D eigenvalue weighted by atomic mass is 9.89. The van der Waals surface area contributed by atoms with Crippen LogP contribution in [0, 0.1) is 11.2 Å². The van der Waals surface area contributed by atoms with E-state index >= 15 is 0 Å². The third-order valence-electron chi connectivity index (χ3n) is 4.18. The molecule has 0 aliphatic heterocycles. The molecule has 0 saturated carbocycles. The van der Waals surface area contributed by atoms with Gasteiger partial charge in [0, 0.05) is 39.6 Å². The Labute approximate surface area is 154 Å². The van der Waals surface area contributed by atoms with Crippen molar-refractivity contribution in [3.63, 3.8) is 0 Å². The summed E-state index contributed by atoms with van der Waals surface area (Å²) in [6.45, 7) is 7.48. The van der Waals surface area contributed by atoms with Gasteiger partial charge in [-0.1, -0.05) is 26.8 Å². The highest BCUT2D eigenvalue weighted by Gasteiger charge is 2.24. The first-order valence-electron chi connectivity index (χ1n) is 8.59. The number of rotatable bonds is 6. The van der Waals surface area contributed by atoms with Crippen molar-refractivity contribution >= 4 is 5.96 Å². The number of ether oxygens (including phenoxy) is 1. The topological polar surface area (TPSA) is 63.5 Å². The molecule has 26 heavy (non-hydrogen) atoms. The van der Waals surface area contributed by atoms with E-state index in [4.69, 9.17) is 4.74 Å². The Bertz CT molecular complexity index is 722. The number of methoxy groups -OCH3 is 1. The molecule has 2 N–H and O–H groups in total. The molecule has 1 unspecified atom stereocenters. The van der Waals surface area contributed by atoms with E-state index in [9.17, 15) is 4.39 Å². The van der Waals surface area contributed by atoms with Gasteiger partial charge in [0.05, 0.1) is 18.1 Å². The number of benzene rings is 1. The molecule has 0 bridgehead atoms. The third kappa shape index (κ3) is 5.29. The van der Waals surface area contributed by atoms with Crippen LogP contribution in [0.5, 0.6) is 0 Å². The fourth-order valence-corrected chi connectivity index (χ4v) is 2.61. The van der Waals surface area contributed by atoms with Gasteiger partial charge in [-0.05, 0) is 23.1 Å². The Morgan fingerprint density at radius 3 is 2.65 bits per heavy atom. The molecule has 0 spiro atoms. The lowest BCUT2D eigenvalue weighted by Gasteiger charge is -2.30. The fraction of sp³-hybridized carbons (Fsp3) is 0.474. The Hall–Kier alpha value is -2.41. The van der Waals surface area contributed by atoms with Crippen LogP contribution in [-0.4, -0.2) is 42.3 Å². The summed E-state index contributed by atoms with van der Waals surface area (Å²) in [4.78, 5) is 8.15. The maximum atomic E-state index is 14.3. The van der Waals surface area contributed by atoms with Gasteiger partial charge in [0.1, 0.15) is 5.82 Å². The van der Waals surface area contributed by atoms with Gasteiger partial charge in [0.15, 0.2) is 5.96 Å². The zero-order valence-corrected chi connectivity index (χ0v) is 16.1. The maximum absolute atomic E-state index is 14.3. The predicted molar refractivity (Wildman–Crippen MR) is 102 cm³/mol. The van der Waals surface area contributed by atoms with Crippen molar-refractivity contribution in [1.82, 2.24) is 20.2 Å². The van der Waals surface area contributed by atoms with E-state index in [2.05, 4.69) is 41.4 Å². The van der Waals surface area contributed by atoms with Crippen molar-refractivity contribution in [3.8, 4) is 5.69 Å². The molecule has 0 fully saturated rings. The molecule has 7 heteroatoms. The largest absolute Gasteiger partial charge is 0.379 e. The van der Waals surface area contributed by atoms with E-state index < -0.39 is 0 Å². The highest BCUT2D eigenvalue weighted by atomic mass is 19.1. The molecule has 1 heterocycles. The zero-order chi connectivity index (χ0) is 19.2. The molecule has 2 rings (SSSR count). The van der Waals surface area contributed by atoms with E-state index in [0.717, 1.165) is 5.56 Å². The van der Waals surface area contributed by atoms with Crippen LogP contribution in [0.3, 0.4) is 0 Å². The first kappa shape index (κ1) is 19.9. The molecule has 142 valence electrons. The van der Waals surface area contributed by atoms with E-state index in [0.29, 0.717) is 24.7 Å². The monoisotopic (exact) mass is 361 g/mol. The summed E-state index contributed by atoms with van der Waals surface area (Å²) in [7, 11) is 3.41. The number of imidazole rings is 1. The molecule has 1 atom stereocenters. The SMILES string of the molecule is CN=C(NCc1ccc(-n2ccnc2)c(F)c1)NCC(OC)C(C)(C)C. The molecule has 0 aliphatic rings. The quantitative estimate of drug-likeness (QED) is 0.613. The Morgan fingerprint density at radius 1 is 1.35 bits per heavy atom. The number of hydrogen-bond acceptors (Lipinski definition) is 3. The summed E-state index contributed by atoms with van der Waals surface area (Å²) in [5.74, 6) is 0.354. The molecule has 0 saturated heterocycles. The van der Waals surface area contributed by atoms with Crippen LogP contribution in [0.15, 0.2) is 41.9 Å². The number of halogens is 1. The Kier molecular flexibility index (Phi) is 6.74. The van der Waals surface area contributed by atoms with E-state index in [1.165, 1.54) is 6.07 Å². The first-order valence-corrected chi connectivity index (χ1v) is 8.59. The number of nitrogens with zero attached hydrogens (tertiary/aromatic N) is 3. The van der Waals surface area contributed by atoms with Crippen LogP contribution in [0.1, 0.15) is 26.3 Å². The molecule has 6 nitrogen and oxygen atoms in total. The molecule has 2 aromatic rings. The van der Waals surface area contributed by atoms with Crippen LogP contribution >= 0.6 is 0 Å². The van der Waals surface area contributed by atoms with Gasteiger partial charge in [-0.25, -0.2) is 9.37 Å². The van der Waals surface area contributed by atoms with Gasteiger partial charge in [-0.3, -0.25) is 4.99 Å². The standard InChI is InChI=1S/C19H28FN5O/c1-19(2,3)17(26-5)12-24-18(21-4)23-11-14-6-7-16(15(20)10-14)25-9-8-22-13-25/h6-10,13,17H,11-12H2,1-5H3,(H2,21,23,24). The summed E-state index contributed by atoms with van der Waals surface area (Å²) in [5.41, 5.74) is 1.32. The van der Waals surface area contributed by atoms with Gasteiger partial charge in [-0.15, -0.1) is 0 Å². The minimum Gasteiger partial charge on any atom is -0.379 e. The van der Waals surface area contributed by atoms with Crippen LogP contribution < -0.4 is 10.6 Å². The van der Waals surface area contributed by atoms with Crippen molar-refractivity contribution in [2.75, 3.05) is 20.7 Å². The van der Waals surface area contributed by atoms with Gasteiger partial charge >= 0.3 is 0 Å². The molecular formula is C19H28FN5O. The second-order valence-electron chi connectivity index (χ2n) is 7.15. The lowest BCUT2D eigenvalue weighted by molar-refractivity contribution is 0.0205. The average Bonchev–Trinajstić information content (AvgIpc) is 3.11. The molecular weight excluding hydrogens is 333 g/mol. The number of hydrogen-bond donors (Lipinski definition) is 2. The normalized spacial score (nSPS) is 13.5. The van der Waals surface area contributed by atoms with Gasteiger partial charge in [-0.2, -0.15) is 0 Å². The first-order chi connectivity index (χ1) is 12.3. The summed E-state index contributed by atoms with van der Waals surface area (Å²) >= 11 is 0. The number of aromatic nitrogens is 2. The highest BCUT2D eigenvalue weighted by molar-refractivity contribution is 5.79. The molecule has 0 aliphatic carbocycles. The molecule has 0 amide bonds. The van der Waals surface area contributed by atoms with Crippen molar-refractivity contribution in [2.24, 2.45) is 10.4 Å². The fourth-order valence-electron chi connectivity index (χ4n) is 2.61. The van der Waals surface area contributed by atoms with Crippen molar-refractivity contribution < 1.29 is 9.13 Å². The van der Waals surface area contributed by atoms with E-state index in [-0.39, 0.29) is 17.3 Å². The summed E-state index contributed by atoms with van der Waals surface area (Å²) < 4.78 is 21.5. The van der Waals surface area contributed by atoms with Gasteiger partial charge < -0.3 is 19.9 Å². The number of guanidine groups is 1. The van der Waals surface area contributed by atoms with Crippen LogP contribution in [0.4, 0.5) is 4.39 Å². The lowest BCUT2D eigenvalue weighted by Crippen LogP contribution is -2.45. The average molecular weight is 361 g/mol. The Morgan fingerprint density at radius 2 is 2.12 bits per heavy atom. The second kappa shape index (κ2) is 8.80. The van der Waals surface area contributed by atoms with Crippen LogP contribution in [0.2, 0.25) is 0 Å². The summed E-state index contributed by atoms with van der Waals surface area (Å²) in [6.07, 6.45) is 4.95. The molecule has 1 aromatic heterocycles. The zero-order valence-electron chi connectivity index (χ0n) is 16.1. The highest BCUT2D eigenvalue weighted by Crippen LogP contribution is 2.21. The number of aliphatic imine (C=N–C) groups is 1. The van der Waals surface area contributed by atoms with Crippen molar-refractivity contribution in [2.45, 2.75) is 33.4 Å². The minimum absolute atomic E-state index is 0.0207. The van der Waals surface area contributed by atoms with Crippen molar-refractivity contribution in [3.05, 3.63) is 48.3 Å². The van der Waals surface area contributed by atoms with Gasteiger partial charge in [0.2, 0.25) is 0 Å². The van der Waals surface area contributed by atoms with E-state index in [1.807, 2.05) is 6.07 Å².